The number of alkyl halides is 3. The fourth-order valence-corrected chi connectivity index (χ4v) is 3.72. The molecule has 2 aromatic carbocycles. The Morgan fingerprint density at radius 2 is 1.76 bits per heavy atom. The fourth-order valence-electron chi connectivity index (χ4n) is 3.72. The number of benzene rings is 2. The Morgan fingerprint density at radius 1 is 1.03 bits per heavy atom. The number of rotatable bonds is 4. The van der Waals surface area contributed by atoms with E-state index in [4.69, 9.17) is 9.84 Å². The molecule has 1 aliphatic heterocycles. The van der Waals surface area contributed by atoms with E-state index in [1.807, 2.05) is 4.90 Å². The third-order valence-corrected chi connectivity index (χ3v) is 5.33. The van der Waals surface area contributed by atoms with Gasteiger partial charge < -0.3 is 15.2 Å². The van der Waals surface area contributed by atoms with Crippen LogP contribution in [0.2, 0.25) is 0 Å². The van der Waals surface area contributed by atoms with Crippen LogP contribution < -0.4 is 10.1 Å². The molecule has 0 unspecified atom stereocenters. The number of carboxylic acids is 1. The average Bonchev–Trinajstić information content (AvgIpc) is 2.74. The molecule has 1 aliphatic rings. The van der Waals surface area contributed by atoms with E-state index in [0.29, 0.717) is 30.0 Å². The van der Waals surface area contributed by atoms with E-state index >= 15 is 0 Å². The molecule has 1 heterocycles. The normalized spacial score (nSPS) is 16.4. The molecule has 178 valence electrons. The highest BCUT2D eigenvalue weighted by Crippen LogP contribution is 2.29. The minimum absolute atomic E-state index is 0.0453. The van der Waals surface area contributed by atoms with Crippen molar-refractivity contribution in [2.75, 3.05) is 19.7 Å². The topological polar surface area (TPSA) is 78.9 Å². The van der Waals surface area contributed by atoms with Crippen molar-refractivity contribution in [3.05, 3.63) is 64.7 Å². The minimum atomic E-state index is -4.42. The maximum Gasteiger partial charge on any atom is 0.416 e. The summed E-state index contributed by atoms with van der Waals surface area (Å²) in [6, 6.07) is 10.1. The van der Waals surface area contributed by atoms with Crippen molar-refractivity contribution in [1.82, 2.24) is 10.2 Å². The Bertz CT molecular complexity index is 961. The number of carboxylic acid groups (broad SMARTS) is 1. The number of hydrogen-bond donors (Lipinski definition) is 2. The number of amides is 1. The summed E-state index contributed by atoms with van der Waals surface area (Å²) in [5, 5.41) is 12.0. The Balaban J connectivity index is 1.87. The highest BCUT2D eigenvalue weighted by molar-refractivity contribution is 5.78. The maximum atomic E-state index is 12.9. The van der Waals surface area contributed by atoms with Gasteiger partial charge in [-0.15, -0.1) is 0 Å². The molecule has 2 N–H and O–H groups in total. The number of hydrogen-bond acceptors (Lipinski definition) is 4. The molecule has 0 saturated heterocycles. The second-order valence-electron chi connectivity index (χ2n) is 8.11. The number of carbonyl (C=O) groups is 2. The second kappa shape index (κ2) is 11.2. The third-order valence-electron chi connectivity index (χ3n) is 5.33. The van der Waals surface area contributed by atoms with Gasteiger partial charge >= 0.3 is 12.1 Å². The largest absolute Gasteiger partial charge is 0.493 e. The van der Waals surface area contributed by atoms with Crippen molar-refractivity contribution in [2.24, 2.45) is 0 Å². The number of aliphatic carboxylic acids is 1. The molecule has 1 amide bonds. The molecule has 0 bridgehead atoms. The van der Waals surface area contributed by atoms with Gasteiger partial charge in [0.2, 0.25) is 5.91 Å². The lowest BCUT2D eigenvalue weighted by molar-refractivity contribution is -0.138. The lowest BCUT2D eigenvalue weighted by Gasteiger charge is -2.24. The van der Waals surface area contributed by atoms with Gasteiger partial charge in [-0.3, -0.25) is 14.5 Å². The zero-order chi connectivity index (χ0) is 23.8. The van der Waals surface area contributed by atoms with Crippen molar-refractivity contribution < 1.29 is 32.6 Å². The van der Waals surface area contributed by atoms with Gasteiger partial charge in [-0.1, -0.05) is 24.3 Å². The predicted octanol–water partition coefficient (Wildman–Crippen LogP) is 4.01. The molecule has 0 fully saturated rings. The fraction of sp³-hybridized carbons (Fsp3) is 0.417. The molecule has 33 heavy (non-hydrogen) atoms. The molecule has 0 atom stereocenters. The molecule has 0 spiro atoms. The lowest BCUT2D eigenvalue weighted by Crippen LogP contribution is -2.37. The summed E-state index contributed by atoms with van der Waals surface area (Å²) in [6.07, 6.45) is -2.03. The van der Waals surface area contributed by atoms with Crippen LogP contribution in [0.1, 0.15) is 41.5 Å². The molecule has 3 rings (SSSR count). The molecule has 0 saturated carbocycles. The van der Waals surface area contributed by atoms with E-state index in [-0.39, 0.29) is 32.0 Å². The van der Waals surface area contributed by atoms with Crippen molar-refractivity contribution in [3.63, 3.8) is 0 Å². The Morgan fingerprint density at radius 3 is 2.45 bits per heavy atom. The summed E-state index contributed by atoms with van der Waals surface area (Å²) in [7, 11) is 0. The number of ether oxygens (including phenoxy) is 1. The lowest BCUT2D eigenvalue weighted by atomic mass is 10.1. The van der Waals surface area contributed by atoms with Crippen LogP contribution in [-0.2, 0) is 35.3 Å². The quantitative estimate of drug-likeness (QED) is 0.715. The van der Waals surface area contributed by atoms with E-state index in [0.717, 1.165) is 37.0 Å². The van der Waals surface area contributed by atoms with Crippen LogP contribution in [0.4, 0.5) is 13.2 Å². The number of fused-ring (bicyclic) bond motifs is 1. The summed E-state index contributed by atoms with van der Waals surface area (Å²) in [5.41, 5.74) is 1.23. The molecule has 0 aromatic heterocycles. The Hall–Kier alpha value is -3.07. The van der Waals surface area contributed by atoms with Crippen LogP contribution in [0.25, 0.3) is 0 Å². The first-order chi connectivity index (χ1) is 15.7. The monoisotopic (exact) mass is 464 g/mol. The van der Waals surface area contributed by atoms with E-state index in [2.05, 4.69) is 5.32 Å². The van der Waals surface area contributed by atoms with Crippen LogP contribution in [0, 0.1) is 0 Å². The smallest absolute Gasteiger partial charge is 0.416 e. The van der Waals surface area contributed by atoms with Crippen molar-refractivity contribution in [2.45, 2.75) is 44.9 Å². The highest BCUT2D eigenvalue weighted by atomic mass is 19.4. The van der Waals surface area contributed by atoms with E-state index in [1.54, 1.807) is 18.2 Å². The first-order valence-electron chi connectivity index (χ1n) is 10.8. The maximum absolute atomic E-state index is 12.9. The van der Waals surface area contributed by atoms with Crippen LogP contribution in [-0.4, -0.2) is 41.6 Å². The minimum Gasteiger partial charge on any atom is -0.493 e. The van der Waals surface area contributed by atoms with Crippen molar-refractivity contribution >= 4 is 11.9 Å². The number of carbonyl (C=O) groups excluding carboxylic acids is 1. The first kappa shape index (κ1) is 24.6. The van der Waals surface area contributed by atoms with Gasteiger partial charge in [0.05, 0.1) is 25.1 Å². The highest BCUT2D eigenvalue weighted by Gasteiger charge is 2.30. The average molecular weight is 464 g/mol. The standard InChI is InChI=1S/C24H27F3N2O4/c25-24(26,27)20-7-4-17(5-8-20)14-29-15-19-12-18(13-23(31)32)6-9-21(19)33-11-3-1-2-10-28-22(30)16-29/h4-9,12H,1-3,10-11,13-16H2,(H,28,30)(H,31,32). The van der Waals surface area contributed by atoms with E-state index < -0.39 is 17.7 Å². The third kappa shape index (κ3) is 7.78. The molecule has 9 heteroatoms. The van der Waals surface area contributed by atoms with Crippen LogP contribution in [0.5, 0.6) is 5.75 Å². The van der Waals surface area contributed by atoms with Crippen LogP contribution >= 0.6 is 0 Å². The summed E-state index contributed by atoms with van der Waals surface area (Å²) < 4.78 is 44.6. The first-order valence-corrected chi connectivity index (χ1v) is 10.8. The summed E-state index contributed by atoms with van der Waals surface area (Å²) in [5.74, 6) is -0.520. The van der Waals surface area contributed by atoms with E-state index in [9.17, 15) is 22.8 Å². The van der Waals surface area contributed by atoms with Gasteiger partial charge in [-0.25, -0.2) is 0 Å². The Labute approximate surface area is 190 Å². The summed E-state index contributed by atoms with van der Waals surface area (Å²) in [6.45, 7) is 1.61. The van der Waals surface area contributed by atoms with Gasteiger partial charge in [0.15, 0.2) is 0 Å². The van der Waals surface area contributed by atoms with Crippen LogP contribution in [0.15, 0.2) is 42.5 Å². The molecule has 2 aromatic rings. The summed E-state index contributed by atoms with van der Waals surface area (Å²) >= 11 is 0. The zero-order valence-corrected chi connectivity index (χ0v) is 18.2. The number of nitrogens with one attached hydrogen (secondary N) is 1. The molecular formula is C24H27F3N2O4. The Kier molecular flexibility index (Phi) is 8.32. The molecule has 0 aliphatic carbocycles. The summed E-state index contributed by atoms with van der Waals surface area (Å²) in [4.78, 5) is 25.4. The zero-order valence-electron chi connectivity index (χ0n) is 18.2. The number of nitrogens with zero attached hydrogens (tertiary/aromatic N) is 1. The SMILES string of the molecule is O=C(O)Cc1ccc2c(c1)CN(Cc1ccc(C(F)(F)F)cc1)CC(=O)NCCCCCO2. The molecular weight excluding hydrogens is 437 g/mol. The van der Waals surface area contributed by atoms with Crippen molar-refractivity contribution in [1.29, 1.82) is 0 Å². The van der Waals surface area contributed by atoms with Gasteiger partial charge in [-0.05, 0) is 48.6 Å². The van der Waals surface area contributed by atoms with Gasteiger partial charge in [-0.2, -0.15) is 13.2 Å². The van der Waals surface area contributed by atoms with E-state index in [1.165, 1.54) is 12.1 Å². The van der Waals surface area contributed by atoms with Gasteiger partial charge in [0.1, 0.15) is 5.75 Å². The predicted molar refractivity (Wildman–Crippen MR) is 116 cm³/mol. The molecule has 6 nitrogen and oxygen atoms in total. The van der Waals surface area contributed by atoms with Crippen molar-refractivity contribution in [3.8, 4) is 5.75 Å². The second-order valence-corrected chi connectivity index (χ2v) is 8.11. The van der Waals surface area contributed by atoms with Gasteiger partial charge in [0, 0.05) is 25.2 Å². The molecule has 0 radical (unpaired) electrons. The van der Waals surface area contributed by atoms with Gasteiger partial charge in [0.25, 0.3) is 0 Å². The van der Waals surface area contributed by atoms with Crippen LogP contribution in [0.3, 0.4) is 0 Å². The number of halogens is 3.